The van der Waals surface area contributed by atoms with E-state index in [4.69, 9.17) is 17.5 Å². The number of primary amides is 1. The Morgan fingerprint density at radius 2 is 2.00 bits per heavy atom. The summed E-state index contributed by atoms with van der Waals surface area (Å²) >= 11 is 6.02. The number of hydrogen-bond acceptors (Lipinski definition) is 3. The molecule has 6 heteroatoms. The summed E-state index contributed by atoms with van der Waals surface area (Å²) in [6.45, 7) is 6.76. The van der Waals surface area contributed by atoms with Gasteiger partial charge < -0.3 is 10.6 Å². The summed E-state index contributed by atoms with van der Waals surface area (Å²) < 4.78 is 1.13. The van der Waals surface area contributed by atoms with Crippen molar-refractivity contribution in [3.8, 4) is 0 Å². The van der Waals surface area contributed by atoms with Crippen LogP contribution in [-0.2, 0) is 6.54 Å². The van der Waals surface area contributed by atoms with Crippen LogP contribution >= 0.6 is 11.8 Å². The summed E-state index contributed by atoms with van der Waals surface area (Å²) in [7, 11) is 0. The molecule has 23 heavy (non-hydrogen) atoms. The molecule has 1 heterocycles. The van der Waals surface area contributed by atoms with Gasteiger partial charge in [0.15, 0.2) is 0 Å². The molecule has 2 N–H and O–H groups in total. The van der Waals surface area contributed by atoms with Gasteiger partial charge in [-0.15, -0.1) is 0 Å². The van der Waals surface area contributed by atoms with E-state index in [9.17, 15) is 9.59 Å². The molecule has 2 rings (SSSR count). The van der Waals surface area contributed by atoms with Crippen molar-refractivity contribution in [3.05, 3.63) is 63.1 Å². The number of carbonyl (C=O) groups is 1. The molecule has 2 aromatic rings. The number of nitrogens with zero attached hydrogens (tertiary/aromatic N) is 2. The van der Waals surface area contributed by atoms with Gasteiger partial charge in [-0.3, -0.25) is 9.59 Å². The molecular weight excluding hydrogens is 314 g/mol. The summed E-state index contributed by atoms with van der Waals surface area (Å²) in [4.78, 5) is 25.7. The first kappa shape index (κ1) is 17.1. The molecule has 1 amide bonds. The van der Waals surface area contributed by atoms with Crippen molar-refractivity contribution < 1.29 is 4.79 Å². The molecule has 0 aliphatic carbocycles. The highest BCUT2D eigenvalue weighted by Crippen LogP contribution is 2.19. The summed E-state index contributed by atoms with van der Waals surface area (Å²) in [6, 6.07) is 8.95. The zero-order valence-corrected chi connectivity index (χ0v) is 14.2. The third kappa shape index (κ3) is 3.56. The van der Waals surface area contributed by atoms with Crippen LogP contribution in [0.5, 0.6) is 0 Å². The highest BCUT2D eigenvalue weighted by molar-refractivity contribution is 6.15. The lowest BCUT2D eigenvalue weighted by atomic mass is 10.1. The Kier molecular flexibility index (Phi) is 5.11. The molecule has 0 aliphatic rings. The second-order valence-corrected chi connectivity index (χ2v) is 5.80. The van der Waals surface area contributed by atoms with Gasteiger partial charge in [-0.05, 0) is 50.6 Å². The minimum atomic E-state index is -0.475. The SMILES string of the molecule is CCN(Cc1c(C)cc(C)n(Cl)c1=O)c1cccc(C(N)=O)c1. The Balaban J connectivity index is 2.41. The third-order valence-electron chi connectivity index (χ3n) is 3.87. The Morgan fingerprint density at radius 3 is 2.61 bits per heavy atom. The number of carbonyl (C=O) groups excluding carboxylic acids is 1. The summed E-state index contributed by atoms with van der Waals surface area (Å²) in [5.41, 5.74) is 8.64. The van der Waals surface area contributed by atoms with E-state index in [1.165, 1.54) is 0 Å². The number of amides is 1. The molecule has 0 radical (unpaired) electrons. The molecule has 0 saturated heterocycles. The van der Waals surface area contributed by atoms with Crippen molar-refractivity contribution in [2.75, 3.05) is 11.4 Å². The Hall–Kier alpha value is -2.27. The first-order valence-electron chi connectivity index (χ1n) is 7.38. The normalized spacial score (nSPS) is 10.6. The highest BCUT2D eigenvalue weighted by Gasteiger charge is 2.14. The van der Waals surface area contributed by atoms with Gasteiger partial charge in [-0.2, -0.15) is 0 Å². The van der Waals surface area contributed by atoms with E-state index in [-0.39, 0.29) is 5.56 Å². The van der Waals surface area contributed by atoms with Crippen LogP contribution < -0.4 is 16.2 Å². The van der Waals surface area contributed by atoms with Gasteiger partial charge in [0.2, 0.25) is 5.91 Å². The summed E-state index contributed by atoms with van der Waals surface area (Å²) in [6.07, 6.45) is 0. The van der Waals surface area contributed by atoms with Crippen LogP contribution in [0, 0.1) is 13.8 Å². The number of nitrogens with two attached hydrogens (primary N) is 1. The largest absolute Gasteiger partial charge is 0.367 e. The average Bonchev–Trinajstić information content (AvgIpc) is 2.53. The Morgan fingerprint density at radius 1 is 1.30 bits per heavy atom. The van der Waals surface area contributed by atoms with Crippen LogP contribution in [0.15, 0.2) is 35.1 Å². The van der Waals surface area contributed by atoms with Gasteiger partial charge in [0.1, 0.15) is 0 Å². The van der Waals surface area contributed by atoms with Gasteiger partial charge in [-0.25, -0.2) is 4.09 Å². The molecular formula is C17H20ClN3O2. The van der Waals surface area contributed by atoms with Crippen LogP contribution in [-0.4, -0.2) is 16.5 Å². The van der Waals surface area contributed by atoms with Crippen LogP contribution in [0.1, 0.15) is 34.1 Å². The quantitative estimate of drug-likeness (QED) is 0.914. The fourth-order valence-corrected chi connectivity index (χ4v) is 2.68. The van der Waals surface area contributed by atoms with Gasteiger partial charge in [0, 0.05) is 47.4 Å². The van der Waals surface area contributed by atoms with Crippen molar-refractivity contribution in [1.29, 1.82) is 0 Å². The maximum atomic E-state index is 12.4. The fourth-order valence-electron chi connectivity index (χ4n) is 2.53. The minimum absolute atomic E-state index is 0.214. The number of rotatable bonds is 5. The molecule has 0 fully saturated rings. The number of pyridine rings is 1. The average molecular weight is 334 g/mol. The number of aryl methyl sites for hydroxylation is 2. The molecule has 0 spiro atoms. The Labute approximate surface area is 140 Å². The number of aromatic nitrogens is 1. The standard InChI is InChI=1S/C17H20ClN3O2/c1-4-20(14-7-5-6-13(9-14)16(19)22)10-15-11(2)8-12(3)21(18)17(15)23/h5-9H,4,10H2,1-3H3,(H2,19,22). The van der Waals surface area contributed by atoms with Crippen molar-refractivity contribution >= 4 is 23.4 Å². The predicted molar refractivity (Wildman–Crippen MR) is 93.1 cm³/mol. The van der Waals surface area contributed by atoms with Crippen molar-refractivity contribution in [3.63, 3.8) is 0 Å². The lowest BCUT2D eigenvalue weighted by Crippen LogP contribution is -2.30. The monoisotopic (exact) mass is 333 g/mol. The lowest BCUT2D eigenvalue weighted by molar-refractivity contribution is 0.100. The first-order valence-corrected chi connectivity index (χ1v) is 7.72. The summed E-state index contributed by atoms with van der Waals surface area (Å²) in [5.74, 6) is -0.475. The Bertz CT molecular complexity index is 799. The van der Waals surface area contributed by atoms with Crippen LogP contribution in [0.4, 0.5) is 5.69 Å². The van der Waals surface area contributed by atoms with Crippen molar-refractivity contribution in [1.82, 2.24) is 4.09 Å². The second-order valence-electron chi connectivity index (χ2n) is 5.46. The van der Waals surface area contributed by atoms with E-state index in [0.717, 1.165) is 15.3 Å². The molecule has 0 saturated carbocycles. The molecule has 1 aromatic heterocycles. The highest BCUT2D eigenvalue weighted by atomic mass is 35.5. The molecule has 5 nitrogen and oxygen atoms in total. The number of anilines is 1. The number of benzene rings is 1. The maximum absolute atomic E-state index is 12.4. The molecule has 0 aliphatic heterocycles. The number of halogens is 1. The molecule has 1 aromatic carbocycles. The van der Waals surface area contributed by atoms with Gasteiger partial charge in [-0.1, -0.05) is 6.07 Å². The van der Waals surface area contributed by atoms with E-state index >= 15 is 0 Å². The molecule has 0 atom stereocenters. The van der Waals surface area contributed by atoms with Crippen molar-refractivity contribution in [2.45, 2.75) is 27.3 Å². The second kappa shape index (κ2) is 6.87. The lowest BCUT2D eigenvalue weighted by Gasteiger charge is -2.24. The molecule has 0 bridgehead atoms. The van der Waals surface area contributed by atoms with E-state index in [0.29, 0.717) is 29.9 Å². The van der Waals surface area contributed by atoms with Gasteiger partial charge in [0.05, 0.1) is 0 Å². The van der Waals surface area contributed by atoms with E-state index in [2.05, 4.69) is 0 Å². The zero-order valence-electron chi connectivity index (χ0n) is 13.5. The van der Waals surface area contributed by atoms with E-state index in [1.54, 1.807) is 25.1 Å². The number of hydrogen-bond donors (Lipinski definition) is 1. The summed E-state index contributed by atoms with van der Waals surface area (Å²) in [5, 5.41) is 0. The minimum Gasteiger partial charge on any atom is -0.367 e. The first-order chi connectivity index (χ1) is 10.8. The maximum Gasteiger partial charge on any atom is 0.270 e. The predicted octanol–water partition coefficient (Wildman–Crippen LogP) is 2.59. The van der Waals surface area contributed by atoms with Crippen LogP contribution in [0.3, 0.4) is 0 Å². The zero-order chi connectivity index (χ0) is 17.1. The molecule has 122 valence electrons. The third-order valence-corrected chi connectivity index (χ3v) is 4.29. The van der Waals surface area contributed by atoms with Gasteiger partial charge in [0.25, 0.3) is 5.56 Å². The van der Waals surface area contributed by atoms with E-state index < -0.39 is 5.91 Å². The van der Waals surface area contributed by atoms with Crippen molar-refractivity contribution in [2.24, 2.45) is 5.73 Å². The fraction of sp³-hybridized carbons (Fsp3) is 0.294. The van der Waals surface area contributed by atoms with E-state index in [1.807, 2.05) is 30.9 Å². The van der Waals surface area contributed by atoms with Crippen LogP contribution in [0.2, 0.25) is 0 Å². The molecule has 0 unspecified atom stereocenters. The topological polar surface area (TPSA) is 68.3 Å². The smallest absolute Gasteiger partial charge is 0.270 e. The van der Waals surface area contributed by atoms with Crippen LogP contribution in [0.25, 0.3) is 0 Å². The van der Waals surface area contributed by atoms with Gasteiger partial charge >= 0.3 is 0 Å².